The molecule has 6 heteroatoms. The van der Waals surface area contributed by atoms with Crippen molar-refractivity contribution in [3.8, 4) is 5.75 Å². The molecule has 0 heterocycles. The maximum atomic E-state index is 9.18. The van der Waals surface area contributed by atoms with Gasteiger partial charge >= 0.3 is 0 Å². The molecule has 0 saturated heterocycles. The highest BCUT2D eigenvalue weighted by Crippen LogP contribution is 2.19. The van der Waals surface area contributed by atoms with E-state index < -0.39 is 0 Å². The molecule has 17 heavy (non-hydrogen) atoms. The van der Waals surface area contributed by atoms with Crippen LogP contribution in [0.25, 0.3) is 0 Å². The minimum atomic E-state index is -0.125. The van der Waals surface area contributed by atoms with Gasteiger partial charge in [-0.3, -0.25) is 0 Å². The van der Waals surface area contributed by atoms with Gasteiger partial charge in [0, 0.05) is 24.9 Å². The number of hydrogen-bond donors (Lipinski definition) is 2. The molecule has 0 atom stereocenters. The SMILES string of the molecule is C=NN(C)/N=C(\N)c1ccc(OC)c(CO)c1. The molecule has 0 amide bonds. The van der Waals surface area contributed by atoms with Gasteiger partial charge in [-0.05, 0) is 18.2 Å². The van der Waals surface area contributed by atoms with Gasteiger partial charge in [-0.1, -0.05) is 0 Å². The Morgan fingerprint density at radius 1 is 1.59 bits per heavy atom. The summed E-state index contributed by atoms with van der Waals surface area (Å²) in [4.78, 5) is 0. The largest absolute Gasteiger partial charge is 0.496 e. The number of benzene rings is 1. The van der Waals surface area contributed by atoms with Crippen molar-refractivity contribution >= 4 is 12.6 Å². The predicted octanol–water partition coefficient (Wildman–Crippen LogP) is 0.355. The summed E-state index contributed by atoms with van der Waals surface area (Å²) in [5, 5.41) is 18.0. The van der Waals surface area contributed by atoms with E-state index in [9.17, 15) is 5.11 Å². The van der Waals surface area contributed by atoms with Crippen LogP contribution in [0.1, 0.15) is 11.1 Å². The molecule has 1 aromatic carbocycles. The maximum Gasteiger partial charge on any atom is 0.152 e. The van der Waals surface area contributed by atoms with Gasteiger partial charge in [0.15, 0.2) is 5.84 Å². The molecule has 0 radical (unpaired) electrons. The summed E-state index contributed by atoms with van der Waals surface area (Å²) < 4.78 is 5.09. The smallest absolute Gasteiger partial charge is 0.152 e. The third-order valence-corrected chi connectivity index (χ3v) is 2.20. The first-order chi connectivity index (χ1) is 8.12. The fourth-order valence-corrected chi connectivity index (χ4v) is 1.31. The van der Waals surface area contributed by atoms with Crippen molar-refractivity contribution in [1.29, 1.82) is 0 Å². The highest BCUT2D eigenvalue weighted by atomic mass is 16.5. The second-order valence-electron chi connectivity index (χ2n) is 3.30. The molecular weight excluding hydrogens is 220 g/mol. The number of methoxy groups -OCH3 is 1. The first-order valence-corrected chi connectivity index (χ1v) is 4.95. The van der Waals surface area contributed by atoms with Gasteiger partial charge in [0.05, 0.1) is 13.7 Å². The number of aliphatic hydroxyl groups excluding tert-OH is 1. The maximum absolute atomic E-state index is 9.18. The highest BCUT2D eigenvalue weighted by Gasteiger charge is 2.06. The first kappa shape index (κ1) is 13.0. The van der Waals surface area contributed by atoms with E-state index in [1.165, 1.54) is 5.12 Å². The van der Waals surface area contributed by atoms with Gasteiger partial charge in [0.2, 0.25) is 0 Å². The van der Waals surface area contributed by atoms with Crippen LogP contribution in [0.3, 0.4) is 0 Å². The Morgan fingerprint density at radius 2 is 2.29 bits per heavy atom. The van der Waals surface area contributed by atoms with Crippen molar-refractivity contribution < 1.29 is 9.84 Å². The number of nitrogens with two attached hydrogens (primary N) is 1. The van der Waals surface area contributed by atoms with Gasteiger partial charge in [-0.15, -0.1) is 5.10 Å². The molecule has 0 aromatic heterocycles. The first-order valence-electron chi connectivity index (χ1n) is 4.95. The molecule has 92 valence electrons. The monoisotopic (exact) mass is 236 g/mol. The van der Waals surface area contributed by atoms with E-state index in [0.29, 0.717) is 16.9 Å². The van der Waals surface area contributed by atoms with Crippen LogP contribution in [0.15, 0.2) is 28.4 Å². The van der Waals surface area contributed by atoms with Gasteiger partial charge in [0.1, 0.15) is 5.75 Å². The Labute approximate surface area is 100.0 Å². The van der Waals surface area contributed by atoms with Crippen LogP contribution in [0, 0.1) is 0 Å². The van der Waals surface area contributed by atoms with Crippen molar-refractivity contribution in [2.45, 2.75) is 6.61 Å². The summed E-state index contributed by atoms with van der Waals surface area (Å²) in [6, 6.07) is 5.20. The van der Waals surface area contributed by atoms with E-state index in [4.69, 9.17) is 10.5 Å². The van der Waals surface area contributed by atoms with Crippen LogP contribution in [0.4, 0.5) is 0 Å². The average molecular weight is 236 g/mol. The van der Waals surface area contributed by atoms with Crippen molar-refractivity contribution in [1.82, 2.24) is 5.12 Å². The second kappa shape index (κ2) is 5.86. The van der Waals surface area contributed by atoms with Crippen LogP contribution >= 0.6 is 0 Å². The van der Waals surface area contributed by atoms with Crippen molar-refractivity contribution in [3.63, 3.8) is 0 Å². The molecule has 1 rings (SSSR count). The molecule has 1 aromatic rings. The zero-order chi connectivity index (χ0) is 12.8. The third-order valence-electron chi connectivity index (χ3n) is 2.20. The summed E-state index contributed by atoms with van der Waals surface area (Å²) in [7, 11) is 3.16. The Balaban J connectivity index is 3.07. The minimum absolute atomic E-state index is 0.125. The number of ether oxygens (including phenoxy) is 1. The number of hydrogen-bond acceptors (Lipinski definition) is 5. The molecule has 6 nitrogen and oxygen atoms in total. The molecule has 0 aliphatic heterocycles. The van der Waals surface area contributed by atoms with Crippen LogP contribution in [0.2, 0.25) is 0 Å². The van der Waals surface area contributed by atoms with Gasteiger partial charge in [0.25, 0.3) is 0 Å². The normalized spacial score (nSPS) is 11.1. The molecular formula is C11H16N4O2. The quantitative estimate of drug-likeness (QED) is 0.439. The topological polar surface area (TPSA) is 83.4 Å². The van der Waals surface area contributed by atoms with E-state index in [2.05, 4.69) is 16.9 Å². The number of nitrogens with zero attached hydrogens (tertiary/aromatic N) is 3. The lowest BCUT2D eigenvalue weighted by Gasteiger charge is -2.10. The molecule has 0 saturated carbocycles. The molecule has 0 fully saturated rings. The van der Waals surface area contributed by atoms with Crippen LogP contribution < -0.4 is 10.5 Å². The summed E-state index contributed by atoms with van der Waals surface area (Å²) in [5.74, 6) is 0.900. The molecule has 0 aliphatic rings. The number of rotatable bonds is 5. The Bertz CT molecular complexity index is 431. The van der Waals surface area contributed by atoms with Gasteiger partial charge in [-0.25, -0.2) is 0 Å². The third kappa shape index (κ3) is 3.18. The van der Waals surface area contributed by atoms with Crippen molar-refractivity contribution in [2.75, 3.05) is 14.2 Å². The lowest BCUT2D eigenvalue weighted by molar-refractivity contribution is 0.274. The standard InChI is InChI=1S/C11H16N4O2/c1-13-15(2)14-11(12)8-4-5-10(17-3)9(6-8)7-16/h4-6,16H,1,7H2,2-3H3,(H2,12,14). The lowest BCUT2D eigenvalue weighted by atomic mass is 10.1. The van der Waals surface area contributed by atoms with Gasteiger partial charge < -0.3 is 15.6 Å². The Morgan fingerprint density at radius 3 is 2.82 bits per heavy atom. The molecule has 0 bridgehead atoms. The fourth-order valence-electron chi connectivity index (χ4n) is 1.31. The predicted molar refractivity (Wildman–Crippen MR) is 67.0 cm³/mol. The molecule has 0 spiro atoms. The van der Waals surface area contributed by atoms with Crippen molar-refractivity contribution in [3.05, 3.63) is 29.3 Å². The Hall–Kier alpha value is -2.08. The second-order valence-corrected chi connectivity index (χ2v) is 3.30. The summed E-state index contributed by atoms with van der Waals surface area (Å²) in [6.45, 7) is 3.20. The molecule has 3 N–H and O–H groups in total. The average Bonchev–Trinajstić information content (AvgIpc) is 2.37. The van der Waals surface area contributed by atoms with E-state index in [1.54, 1.807) is 32.4 Å². The van der Waals surface area contributed by atoms with Crippen molar-refractivity contribution in [2.24, 2.45) is 15.9 Å². The summed E-state index contributed by atoms with van der Waals surface area (Å²) >= 11 is 0. The van der Waals surface area contributed by atoms with E-state index in [0.717, 1.165) is 0 Å². The van der Waals surface area contributed by atoms with E-state index in [-0.39, 0.29) is 12.4 Å². The minimum Gasteiger partial charge on any atom is -0.496 e. The summed E-state index contributed by atoms with van der Waals surface area (Å²) in [6.07, 6.45) is 0. The molecule has 0 unspecified atom stereocenters. The number of amidine groups is 1. The van der Waals surface area contributed by atoms with Crippen LogP contribution in [-0.2, 0) is 6.61 Å². The number of aliphatic hydroxyl groups is 1. The fraction of sp³-hybridized carbons (Fsp3) is 0.273. The summed E-state index contributed by atoms with van der Waals surface area (Å²) in [5.41, 5.74) is 7.12. The van der Waals surface area contributed by atoms with Crippen LogP contribution in [0.5, 0.6) is 5.75 Å². The zero-order valence-corrected chi connectivity index (χ0v) is 9.92. The van der Waals surface area contributed by atoms with E-state index >= 15 is 0 Å². The highest BCUT2D eigenvalue weighted by molar-refractivity contribution is 5.97. The van der Waals surface area contributed by atoms with Crippen LogP contribution in [-0.4, -0.2) is 36.9 Å². The lowest BCUT2D eigenvalue weighted by Crippen LogP contribution is -2.18. The van der Waals surface area contributed by atoms with Gasteiger partial charge in [-0.2, -0.15) is 10.2 Å². The van der Waals surface area contributed by atoms with E-state index in [1.807, 2.05) is 0 Å². The zero-order valence-electron chi connectivity index (χ0n) is 9.92. The molecule has 0 aliphatic carbocycles. The number of hydrazone groups is 2. The Kier molecular flexibility index (Phi) is 4.47.